The van der Waals surface area contributed by atoms with E-state index in [0.717, 1.165) is 10.4 Å². The van der Waals surface area contributed by atoms with Crippen LogP contribution in [0.25, 0.3) is 20.7 Å². The Labute approximate surface area is 172 Å². The molecule has 0 spiro atoms. The SMILES string of the molecule is N#Cc1ccc(NC(=O)Cn2cnc3scc(-c4cccs4)c3c2=O)cc1Cl. The standard InChI is InChI=1S/C19H11ClN4O2S2/c20-14-6-12(4-3-11(14)7-21)23-16(25)8-24-10-22-18-17(19(24)26)13(9-28-18)15-2-1-5-27-15/h1-6,9-10H,8H2,(H,23,25). The van der Waals surface area contributed by atoms with Crippen molar-refractivity contribution in [3.05, 3.63) is 68.4 Å². The van der Waals surface area contributed by atoms with Gasteiger partial charge < -0.3 is 5.32 Å². The molecule has 4 rings (SSSR count). The second kappa shape index (κ2) is 7.56. The third-order valence-corrected chi connectivity index (χ3v) is 6.14. The monoisotopic (exact) mass is 426 g/mol. The van der Waals surface area contributed by atoms with Gasteiger partial charge in [-0.1, -0.05) is 17.7 Å². The predicted molar refractivity (Wildman–Crippen MR) is 112 cm³/mol. The Morgan fingerprint density at radius 3 is 2.89 bits per heavy atom. The molecule has 4 aromatic rings. The van der Waals surface area contributed by atoms with Crippen LogP contribution >= 0.6 is 34.3 Å². The van der Waals surface area contributed by atoms with E-state index in [1.54, 1.807) is 17.4 Å². The number of benzene rings is 1. The van der Waals surface area contributed by atoms with Crippen LogP contribution in [0.2, 0.25) is 5.02 Å². The molecule has 0 bridgehead atoms. The van der Waals surface area contributed by atoms with E-state index in [4.69, 9.17) is 16.9 Å². The number of fused-ring (bicyclic) bond motifs is 1. The number of carbonyl (C=O) groups is 1. The lowest BCUT2D eigenvalue weighted by Crippen LogP contribution is -2.27. The van der Waals surface area contributed by atoms with Gasteiger partial charge >= 0.3 is 0 Å². The van der Waals surface area contributed by atoms with Gasteiger partial charge in [-0.05, 0) is 29.6 Å². The Balaban J connectivity index is 1.61. The van der Waals surface area contributed by atoms with Crippen molar-refractivity contribution in [2.75, 3.05) is 5.32 Å². The first-order chi connectivity index (χ1) is 13.6. The average molecular weight is 427 g/mol. The Morgan fingerprint density at radius 1 is 1.32 bits per heavy atom. The van der Waals surface area contributed by atoms with Crippen LogP contribution < -0.4 is 10.9 Å². The fourth-order valence-corrected chi connectivity index (χ4v) is 4.68. The van der Waals surface area contributed by atoms with E-state index in [2.05, 4.69) is 10.3 Å². The molecule has 28 heavy (non-hydrogen) atoms. The van der Waals surface area contributed by atoms with Crippen LogP contribution in [0.15, 0.2) is 52.2 Å². The molecule has 0 unspecified atom stereocenters. The Kier molecular flexibility index (Phi) is 4.96. The highest BCUT2D eigenvalue weighted by molar-refractivity contribution is 7.18. The van der Waals surface area contributed by atoms with Gasteiger partial charge in [0.1, 0.15) is 17.4 Å². The van der Waals surface area contributed by atoms with Gasteiger partial charge in [-0.25, -0.2) is 4.98 Å². The second-order valence-corrected chi connectivity index (χ2v) is 8.05. The molecule has 6 nitrogen and oxygen atoms in total. The van der Waals surface area contributed by atoms with Crippen LogP contribution in [0.3, 0.4) is 0 Å². The average Bonchev–Trinajstić information content (AvgIpc) is 3.33. The minimum Gasteiger partial charge on any atom is -0.324 e. The molecule has 3 heterocycles. The van der Waals surface area contributed by atoms with Crippen molar-refractivity contribution in [1.29, 1.82) is 5.26 Å². The van der Waals surface area contributed by atoms with E-state index in [9.17, 15) is 9.59 Å². The lowest BCUT2D eigenvalue weighted by molar-refractivity contribution is -0.116. The quantitative estimate of drug-likeness (QED) is 0.525. The molecular weight excluding hydrogens is 416 g/mol. The van der Waals surface area contributed by atoms with Crippen LogP contribution in [-0.4, -0.2) is 15.5 Å². The minimum atomic E-state index is -0.392. The molecule has 3 aromatic heterocycles. The molecule has 0 aliphatic heterocycles. The van der Waals surface area contributed by atoms with E-state index in [0.29, 0.717) is 21.5 Å². The number of hydrogen-bond acceptors (Lipinski definition) is 6. The first-order valence-corrected chi connectivity index (χ1v) is 10.2. The fraction of sp³-hybridized carbons (Fsp3) is 0.0526. The van der Waals surface area contributed by atoms with Crippen molar-refractivity contribution < 1.29 is 4.79 Å². The maximum atomic E-state index is 12.9. The van der Waals surface area contributed by atoms with E-state index < -0.39 is 5.91 Å². The molecule has 0 aliphatic rings. The van der Waals surface area contributed by atoms with E-state index in [1.807, 2.05) is 29.0 Å². The Morgan fingerprint density at radius 2 is 2.18 bits per heavy atom. The van der Waals surface area contributed by atoms with Crippen molar-refractivity contribution in [2.45, 2.75) is 6.54 Å². The summed E-state index contributed by atoms with van der Waals surface area (Å²) in [5, 5.41) is 16.2. The molecule has 0 saturated carbocycles. The van der Waals surface area contributed by atoms with E-state index in [1.165, 1.54) is 34.4 Å². The maximum absolute atomic E-state index is 12.9. The highest BCUT2D eigenvalue weighted by Gasteiger charge is 2.15. The van der Waals surface area contributed by atoms with Crippen molar-refractivity contribution in [1.82, 2.24) is 9.55 Å². The molecule has 1 amide bonds. The van der Waals surface area contributed by atoms with Crippen LogP contribution in [0.1, 0.15) is 5.56 Å². The van der Waals surface area contributed by atoms with Crippen LogP contribution in [-0.2, 0) is 11.3 Å². The van der Waals surface area contributed by atoms with Crippen molar-refractivity contribution in [3.8, 4) is 16.5 Å². The number of amides is 1. The zero-order valence-electron chi connectivity index (χ0n) is 14.2. The molecule has 0 fully saturated rings. The maximum Gasteiger partial charge on any atom is 0.263 e. The van der Waals surface area contributed by atoms with Crippen molar-refractivity contribution >= 4 is 56.1 Å². The first kappa shape index (κ1) is 18.4. The summed E-state index contributed by atoms with van der Waals surface area (Å²) in [4.78, 5) is 31.3. The van der Waals surface area contributed by atoms with Gasteiger partial charge in [-0.15, -0.1) is 22.7 Å². The lowest BCUT2D eigenvalue weighted by atomic mass is 10.2. The number of hydrogen-bond donors (Lipinski definition) is 1. The summed E-state index contributed by atoms with van der Waals surface area (Å²) in [6.07, 6.45) is 1.38. The summed E-state index contributed by atoms with van der Waals surface area (Å²) in [6, 6.07) is 10.4. The number of aromatic nitrogens is 2. The number of nitriles is 1. The predicted octanol–water partition coefficient (Wildman–Crippen LogP) is 4.35. The normalized spacial score (nSPS) is 10.7. The van der Waals surface area contributed by atoms with Gasteiger partial charge in [0, 0.05) is 21.5 Å². The summed E-state index contributed by atoms with van der Waals surface area (Å²) in [7, 11) is 0. The van der Waals surface area contributed by atoms with Crippen LogP contribution in [0.4, 0.5) is 5.69 Å². The van der Waals surface area contributed by atoms with E-state index in [-0.39, 0.29) is 17.1 Å². The molecule has 0 aliphatic carbocycles. The summed E-state index contributed by atoms with van der Waals surface area (Å²) in [5.41, 5.74) is 1.35. The topological polar surface area (TPSA) is 87.8 Å². The smallest absolute Gasteiger partial charge is 0.263 e. The van der Waals surface area contributed by atoms with Crippen LogP contribution in [0.5, 0.6) is 0 Å². The largest absolute Gasteiger partial charge is 0.324 e. The van der Waals surface area contributed by atoms with Gasteiger partial charge in [0.05, 0.1) is 22.3 Å². The summed E-state index contributed by atoms with van der Waals surface area (Å²) >= 11 is 8.93. The van der Waals surface area contributed by atoms with Gasteiger partial charge in [0.25, 0.3) is 5.56 Å². The third kappa shape index (κ3) is 3.43. The molecule has 0 atom stereocenters. The van der Waals surface area contributed by atoms with Gasteiger partial charge in [-0.3, -0.25) is 14.2 Å². The Bertz CT molecular complexity index is 1290. The van der Waals surface area contributed by atoms with Crippen molar-refractivity contribution in [3.63, 3.8) is 0 Å². The van der Waals surface area contributed by atoms with Gasteiger partial charge in [-0.2, -0.15) is 5.26 Å². The molecular formula is C19H11ClN4O2S2. The summed E-state index contributed by atoms with van der Waals surface area (Å²) < 4.78 is 1.28. The molecule has 0 saturated heterocycles. The van der Waals surface area contributed by atoms with Gasteiger partial charge in [0.15, 0.2) is 0 Å². The zero-order chi connectivity index (χ0) is 19.7. The summed E-state index contributed by atoms with van der Waals surface area (Å²) in [5.74, 6) is -0.392. The minimum absolute atomic E-state index is 0.181. The highest BCUT2D eigenvalue weighted by atomic mass is 35.5. The highest BCUT2D eigenvalue weighted by Crippen LogP contribution is 2.33. The number of carbonyl (C=O) groups excluding carboxylic acids is 1. The van der Waals surface area contributed by atoms with Crippen molar-refractivity contribution in [2.24, 2.45) is 0 Å². The van der Waals surface area contributed by atoms with E-state index >= 15 is 0 Å². The number of nitrogens with zero attached hydrogens (tertiary/aromatic N) is 3. The molecule has 1 aromatic carbocycles. The first-order valence-electron chi connectivity index (χ1n) is 8.07. The Hall–Kier alpha value is -2.99. The van der Waals surface area contributed by atoms with Gasteiger partial charge in [0.2, 0.25) is 5.91 Å². The third-order valence-electron chi connectivity index (χ3n) is 4.03. The second-order valence-electron chi connectivity index (χ2n) is 5.84. The molecule has 138 valence electrons. The molecule has 0 radical (unpaired) electrons. The fourth-order valence-electron chi connectivity index (χ4n) is 2.73. The zero-order valence-corrected chi connectivity index (χ0v) is 16.6. The summed E-state index contributed by atoms with van der Waals surface area (Å²) in [6.45, 7) is -0.181. The molecule has 1 N–H and O–H groups in total. The van der Waals surface area contributed by atoms with Crippen LogP contribution in [0, 0.1) is 11.3 Å². The number of halogens is 1. The lowest BCUT2D eigenvalue weighted by Gasteiger charge is -2.08. The number of rotatable bonds is 4. The molecule has 9 heteroatoms. The number of anilines is 1. The number of thiophene rings is 2. The number of nitrogens with one attached hydrogen (secondary N) is 1.